The molecule has 0 spiro atoms. The molecule has 1 aliphatic carbocycles. The SMILES string of the molecule is CC1(C)c2ccccc2-c2ccc(N(c3ccc(-c4ccccc4)cc3)c3ccc4c(c3)-c3ccc(-c5ccccc5)cc3-c3cc5ccccc5cc3O4)cc21. The molecule has 2 nitrogen and oxygen atoms in total. The highest BCUT2D eigenvalue weighted by atomic mass is 16.5. The van der Waals surface area contributed by atoms with Gasteiger partial charge in [0, 0.05) is 33.6 Å². The first kappa shape index (κ1) is 33.2. The average Bonchev–Trinajstić information content (AvgIpc) is 3.41. The summed E-state index contributed by atoms with van der Waals surface area (Å²) in [5, 5.41) is 2.35. The van der Waals surface area contributed by atoms with Gasteiger partial charge in [-0.2, -0.15) is 0 Å². The van der Waals surface area contributed by atoms with Crippen molar-refractivity contribution in [3.63, 3.8) is 0 Å². The van der Waals surface area contributed by atoms with Gasteiger partial charge in [0.2, 0.25) is 0 Å². The third kappa shape index (κ3) is 5.48. The molecular formula is C55H39NO. The third-order valence-electron chi connectivity index (χ3n) is 12.1. The number of benzene rings is 9. The van der Waals surface area contributed by atoms with Gasteiger partial charge < -0.3 is 9.64 Å². The molecule has 1 aliphatic heterocycles. The largest absolute Gasteiger partial charge is 0.456 e. The van der Waals surface area contributed by atoms with E-state index in [9.17, 15) is 0 Å². The Labute approximate surface area is 333 Å². The van der Waals surface area contributed by atoms with E-state index in [1.807, 2.05) is 0 Å². The molecule has 11 rings (SSSR count). The highest BCUT2D eigenvalue weighted by Gasteiger charge is 2.36. The lowest BCUT2D eigenvalue weighted by Crippen LogP contribution is -2.16. The normalized spacial score (nSPS) is 13.0. The maximum Gasteiger partial charge on any atom is 0.135 e. The Bertz CT molecular complexity index is 3000. The van der Waals surface area contributed by atoms with Crippen molar-refractivity contribution >= 4 is 27.8 Å². The fraction of sp³-hybridized carbons (Fsp3) is 0.0545. The van der Waals surface area contributed by atoms with Crippen LogP contribution < -0.4 is 9.64 Å². The predicted molar refractivity (Wildman–Crippen MR) is 238 cm³/mol. The maximum absolute atomic E-state index is 6.95. The second kappa shape index (κ2) is 13.0. The van der Waals surface area contributed by atoms with Crippen LogP contribution in [0.5, 0.6) is 11.5 Å². The third-order valence-corrected chi connectivity index (χ3v) is 12.1. The van der Waals surface area contributed by atoms with Crippen molar-refractivity contribution < 1.29 is 4.74 Å². The van der Waals surface area contributed by atoms with E-state index in [4.69, 9.17) is 4.74 Å². The summed E-state index contributed by atoms with van der Waals surface area (Å²) >= 11 is 0. The lowest BCUT2D eigenvalue weighted by Gasteiger charge is -2.29. The average molecular weight is 730 g/mol. The van der Waals surface area contributed by atoms with Crippen LogP contribution in [0.2, 0.25) is 0 Å². The van der Waals surface area contributed by atoms with E-state index in [-0.39, 0.29) is 5.41 Å². The van der Waals surface area contributed by atoms with Crippen LogP contribution in [0, 0.1) is 0 Å². The Hall–Kier alpha value is -7.16. The number of anilines is 3. The molecule has 2 aliphatic rings. The molecule has 0 N–H and O–H groups in total. The summed E-state index contributed by atoms with van der Waals surface area (Å²) in [6.07, 6.45) is 0. The minimum atomic E-state index is -0.128. The fourth-order valence-corrected chi connectivity index (χ4v) is 9.11. The molecule has 270 valence electrons. The molecule has 0 unspecified atom stereocenters. The molecule has 0 bridgehead atoms. The molecule has 2 heteroatoms. The summed E-state index contributed by atoms with van der Waals surface area (Å²) < 4.78 is 6.95. The van der Waals surface area contributed by atoms with Gasteiger partial charge in [-0.25, -0.2) is 0 Å². The highest BCUT2D eigenvalue weighted by molar-refractivity contribution is 5.99. The van der Waals surface area contributed by atoms with Gasteiger partial charge in [-0.05, 0) is 127 Å². The molecule has 57 heavy (non-hydrogen) atoms. The topological polar surface area (TPSA) is 12.5 Å². The molecule has 0 atom stereocenters. The summed E-state index contributed by atoms with van der Waals surface area (Å²) in [7, 11) is 0. The molecule has 0 aromatic heterocycles. The molecule has 1 heterocycles. The Morgan fingerprint density at radius 3 is 1.65 bits per heavy atom. The minimum absolute atomic E-state index is 0.128. The van der Waals surface area contributed by atoms with Crippen LogP contribution in [0.4, 0.5) is 17.1 Å². The summed E-state index contributed by atoms with van der Waals surface area (Å²) in [5.41, 5.74) is 17.7. The molecule has 0 saturated carbocycles. The van der Waals surface area contributed by atoms with Crippen molar-refractivity contribution in [2.45, 2.75) is 19.3 Å². The zero-order valence-corrected chi connectivity index (χ0v) is 31.9. The molecule has 0 saturated heterocycles. The van der Waals surface area contributed by atoms with Crippen LogP contribution in [0.1, 0.15) is 25.0 Å². The number of fused-ring (bicyclic) bond motifs is 9. The van der Waals surface area contributed by atoms with Crippen LogP contribution in [0.25, 0.3) is 66.4 Å². The number of rotatable bonds is 5. The Morgan fingerprint density at radius 2 is 0.877 bits per heavy atom. The number of ether oxygens (including phenoxy) is 1. The van der Waals surface area contributed by atoms with E-state index in [1.165, 1.54) is 49.9 Å². The van der Waals surface area contributed by atoms with Crippen molar-refractivity contribution in [3.8, 4) is 67.1 Å². The zero-order valence-electron chi connectivity index (χ0n) is 31.9. The Kier molecular flexibility index (Phi) is 7.55. The summed E-state index contributed by atoms with van der Waals surface area (Å²) in [5.74, 6) is 1.70. The first-order valence-electron chi connectivity index (χ1n) is 19.7. The van der Waals surface area contributed by atoms with E-state index in [0.29, 0.717) is 0 Å². The van der Waals surface area contributed by atoms with Crippen molar-refractivity contribution in [1.82, 2.24) is 0 Å². The maximum atomic E-state index is 6.95. The van der Waals surface area contributed by atoms with Gasteiger partial charge in [-0.15, -0.1) is 0 Å². The lowest BCUT2D eigenvalue weighted by molar-refractivity contribution is 0.488. The number of hydrogen-bond donors (Lipinski definition) is 0. The second-order valence-corrected chi connectivity index (χ2v) is 15.8. The molecule has 0 fully saturated rings. The summed E-state index contributed by atoms with van der Waals surface area (Å²) in [6.45, 7) is 4.70. The lowest BCUT2D eigenvalue weighted by atomic mass is 9.82. The van der Waals surface area contributed by atoms with E-state index in [0.717, 1.165) is 56.2 Å². The molecule has 0 amide bonds. The van der Waals surface area contributed by atoms with Gasteiger partial charge in [0.15, 0.2) is 0 Å². The highest BCUT2D eigenvalue weighted by Crippen LogP contribution is 2.53. The summed E-state index contributed by atoms with van der Waals surface area (Å²) in [4.78, 5) is 2.40. The van der Waals surface area contributed by atoms with Gasteiger partial charge in [-0.3, -0.25) is 0 Å². The van der Waals surface area contributed by atoms with Gasteiger partial charge in [0.1, 0.15) is 11.5 Å². The smallest absolute Gasteiger partial charge is 0.135 e. The number of nitrogens with zero attached hydrogens (tertiary/aromatic N) is 1. The fourth-order valence-electron chi connectivity index (χ4n) is 9.11. The Balaban J connectivity index is 1.11. The second-order valence-electron chi connectivity index (χ2n) is 15.8. The van der Waals surface area contributed by atoms with Gasteiger partial charge in [-0.1, -0.05) is 153 Å². The van der Waals surface area contributed by atoms with Crippen LogP contribution in [-0.4, -0.2) is 0 Å². The standard InChI is InChI=1S/C55H39NO/c1-55(2)51-20-12-11-19-46(51)47-29-26-44(35-52(47)55)56(42-24-21-38(22-25-42)36-13-5-3-6-14-36)43-27-30-53-50(34-43)45-28-23-41(37-15-7-4-8-16-37)31-48(45)49-32-39-17-9-10-18-40(39)33-54(49)57-53/h3-35H,1-2H3. The van der Waals surface area contributed by atoms with Gasteiger partial charge in [0.25, 0.3) is 0 Å². The van der Waals surface area contributed by atoms with E-state index in [2.05, 4.69) is 219 Å². The van der Waals surface area contributed by atoms with Crippen molar-refractivity contribution in [3.05, 3.63) is 211 Å². The van der Waals surface area contributed by atoms with Crippen LogP contribution in [0.3, 0.4) is 0 Å². The van der Waals surface area contributed by atoms with E-state index in [1.54, 1.807) is 0 Å². The van der Waals surface area contributed by atoms with Gasteiger partial charge in [0.05, 0.1) is 0 Å². The molecule has 9 aromatic rings. The van der Waals surface area contributed by atoms with Crippen LogP contribution in [-0.2, 0) is 5.41 Å². The zero-order chi connectivity index (χ0) is 38.1. The minimum Gasteiger partial charge on any atom is -0.456 e. The monoisotopic (exact) mass is 729 g/mol. The predicted octanol–water partition coefficient (Wildman–Crippen LogP) is 15.4. The van der Waals surface area contributed by atoms with E-state index < -0.39 is 0 Å². The van der Waals surface area contributed by atoms with Crippen LogP contribution in [0.15, 0.2) is 200 Å². The Morgan fingerprint density at radius 1 is 0.333 bits per heavy atom. The van der Waals surface area contributed by atoms with Crippen molar-refractivity contribution in [2.24, 2.45) is 0 Å². The van der Waals surface area contributed by atoms with E-state index >= 15 is 0 Å². The first-order valence-corrected chi connectivity index (χ1v) is 19.7. The quantitative estimate of drug-likeness (QED) is 0.175. The first-order chi connectivity index (χ1) is 28.0. The molecular weight excluding hydrogens is 691 g/mol. The summed E-state index contributed by atoms with van der Waals surface area (Å²) in [6, 6.07) is 72.6. The van der Waals surface area contributed by atoms with Crippen LogP contribution >= 0.6 is 0 Å². The number of hydrogen-bond acceptors (Lipinski definition) is 2. The molecule has 0 radical (unpaired) electrons. The molecule has 9 aromatic carbocycles. The van der Waals surface area contributed by atoms with Crippen molar-refractivity contribution in [1.29, 1.82) is 0 Å². The van der Waals surface area contributed by atoms with Crippen molar-refractivity contribution in [2.75, 3.05) is 4.90 Å². The van der Waals surface area contributed by atoms with Gasteiger partial charge >= 0.3 is 0 Å².